The van der Waals surface area contributed by atoms with Crippen LogP contribution in [0.1, 0.15) is 28.9 Å². The second-order valence-corrected chi connectivity index (χ2v) is 5.49. The van der Waals surface area contributed by atoms with Crippen LogP contribution in [0.5, 0.6) is 0 Å². The monoisotopic (exact) mass is 325 g/mol. The third kappa shape index (κ3) is 2.69. The highest BCUT2D eigenvalue weighted by molar-refractivity contribution is 5.95. The Morgan fingerprint density at radius 3 is 2.42 bits per heavy atom. The summed E-state index contributed by atoms with van der Waals surface area (Å²) in [6, 6.07) is 14.9. The number of methoxy groups -OCH3 is 1. The normalized spacial score (nSPS) is 12.1. The van der Waals surface area contributed by atoms with Crippen molar-refractivity contribution in [2.75, 3.05) is 7.11 Å². The predicted molar refractivity (Wildman–Crippen MR) is 88.5 cm³/mol. The first kappa shape index (κ1) is 15.9. The number of esters is 1. The molecule has 0 saturated carbocycles. The molecule has 0 aliphatic heterocycles. The summed E-state index contributed by atoms with van der Waals surface area (Å²) in [6.45, 7) is 1.41. The number of fused-ring (bicyclic) bond motifs is 1. The molecule has 5 heteroatoms. The SMILES string of the molecule is COC(=O)C(c1ccccc1)c1cc2cc(F)ccc2n1C(C)=O. The summed E-state index contributed by atoms with van der Waals surface area (Å²) in [7, 11) is 1.30. The molecule has 0 bridgehead atoms. The van der Waals surface area contributed by atoms with E-state index in [4.69, 9.17) is 4.74 Å². The summed E-state index contributed by atoms with van der Waals surface area (Å²) >= 11 is 0. The molecule has 0 saturated heterocycles. The van der Waals surface area contributed by atoms with Crippen LogP contribution in [-0.2, 0) is 9.53 Å². The van der Waals surface area contributed by atoms with Gasteiger partial charge in [0.25, 0.3) is 0 Å². The number of halogens is 1. The van der Waals surface area contributed by atoms with Crippen LogP contribution in [0.15, 0.2) is 54.6 Å². The maximum atomic E-state index is 13.5. The number of rotatable bonds is 3. The fourth-order valence-corrected chi connectivity index (χ4v) is 2.96. The first-order valence-electron chi connectivity index (χ1n) is 7.47. The number of hydrogen-bond acceptors (Lipinski definition) is 3. The number of carbonyl (C=O) groups is 2. The van der Waals surface area contributed by atoms with Gasteiger partial charge in [-0.05, 0) is 29.8 Å². The number of ether oxygens (including phenoxy) is 1. The summed E-state index contributed by atoms with van der Waals surface area (Å²) < 4.78 is 19.9. The first-order chi connectivity index (χ1) is 11.5. The molecule has 122 valence electrons. The van der Waals surface area contributed by atoms with Crippen molar-refractivity contribution in [3.8, 4) is 0 Å². The molecule has 1 atom stereocenters. The zero-order valence-electron chi connectivity index (χ0n) is 13.3. The molecule has 4 nitrogen and oxygen atoms in total. The van der Waals surface area contributed by atoms with E-state index in [1.54, 1.807) is 18.2 Å². The van der Waals surface area contributed by atoms with Crippen LogP contribution in [0.2, 0.25) is 0 Å². The Hall–Kier alpha value is -2.95. The molecule has 1 aromatic heterocycles. The van der Waals surface area contributed by atoms with Crippen molar-refractivity contribution >= 4 is 22.8 Å². The van der Waals surface area contributed by atoms with Gasteiger partial charge in [-0.3, -0.25) is 14.2 Å². The van der Waals surface area contributed by atoms with E-state index in [9.17, 15) is 14.0 Å². The first-order valence-corrected chi connectivity index (χ1v) is 7.47. The van der Waals surface area contributed by atoms with Crippen LogP contribution in [0.25, 0.3) is 10.9 Å². The Labute approximate surface area is 138 Å². The molecule has 1 unspecified atom stereocenters. The van der Waals surface area contributed by atoms with Gasteiger partial charge in [0.05, 0.1) is 12.6 Å². The number of benzene rings is 2. The predicted octanol–water partition coefficient (Wildman–Crippen LogP) is 3.75. The van der Waals surface area contributed by atoms with Gasteiger partial charge in [-0.25, -0.2) is 4.39 Å². The fourth-order valence-electron chi connectivity index (χ4n) is 2.96. The zero-order valence-corrected chi connectivity index (χ0v) is 13.3. The van der Waals surface area contributed by atoms with Crippen molar-refractivity contribution in [3.63, 3.8) is 0 Å². The van der Waals surface area contributed by atoms with E-state index in [0.717, 1.165) is 0 Å². The number of carbonyl (C=O) groups excluding carboxylic acids is 2. The summed E-state index contributed by atoms with van der Waals surface area (Å²) in [4.78, 5) is 24.6. The average Bonchev–Trinajstić information content (AvgIpc) is 2.93. The van der Waals surface area contributed by atoms with Gasteiger partial charge in [0.15, 0.2) is 0 Å². The summed E-state index contributed by atoms with van der Waals surface area (Å²) in [5.41, 5.74) is 1.72. The third-order valence-corrected chi connectivity index (χ3v) is 3.97. The Kier molecular flexibility index (Phi) is 4.16. The van der Waals surface area contributed by atoms with Crippen molar-refractivity contribution in [1.82, 2.24) is 4.57 Å². The molecular weight excluding hydrogens is 309 g/mol. The molecule has 0 spiro atoms. The summed E-state index contributed by atoms with van der Waals surface area (Å²) in [6.07, 6.45) is 0. The van der Waals surface area contributed by atoms with E-state index < -0.39 is 17.7 Å². The highest BCUT2D eigenvalue weighted by Gasteiger charge is 2.29. The lowest BCUT2D eigenvalue weighted by Crippen LogP contribution is -2.21. The van der Waals surface area contributed by atoms with E-state index >= 15 is 0 Å². The molecule has 0 amide bonds. The molecule has 0 radical (unpaired) electrons. The Morgan fingerprint density at radius 1 is 1.08 bits per heavy atom. The van der Waals surface area contributed by atoms with Gasteiger partial charge in [0, 0.05) is 18.0 Å². The minimum absolute atomic E-state index is 0.253. The number of hydrogen-bond donors (Lipinski definition) is 0. The molecule has 3 rings (SSSR count). The zero-order chi connectivity index (χ0) is 17.3. The van der Waals surface area contributed by atoms with Gasteiger partial charge in [0.2, 0.25) is 5.91 Å². The minimum Gasteiger partial charge on any atom is -0.468 e. The van der Waals surface area contributed by atoms with Crippen molar-refractivity contribution < 1.29 is 18.7 Å². The van der Waals surface area contributed by atoms with Crippen LogP contribution < -0.4 is 0 Å². The minimum atomic E-state index is -0.768. The molecule has 1 heterocycles. The van der Waals surface area contributed by atoms with Gasteiger partial charge in [-0.15, -0.1) is 0 Å². The van der Waals surface area contributed by atoms with Crippen LogP contribution in [0.4, 0.5) is 4.39 Å². The lowest BCUT2D eigenvalue weighted by atomic mass is 9.95. The fraction of sp³-hybridized carbons (Fsp3) is 0.158. The molecule has 0 N–H and O–H groups in total. The van der Waals surface area contributed by atoms with E-state index in [1.165, 1.54) is 36.8 Å². The Balaban J connectivity index is 2.30. The van der Waals surface area contributed by atoms with E-state index in [1.807, 2.05) is 18.2 Å². The van der Waals surface area contributed by atoms with Crippen molar-refractivity contribution in [1.29, 1.82) is 0 Å². The van der Waals surface area contributed by atoms with Crippen LogP contribution in [0, 0.1) is 5.82 Å². The van der Waals surface area contributed by atoms with Crippen LogP contribution >= 0.6 is 0 Å². The highest BCUT2D eigenvalue weighted by atomic mass is 19.1. The average molecular weight is 325 g/mol. The molecular formula is C19H16FNO3. The van der Waals surface area contributed by atoms with E-state index in [2.05, 4.69) is 0 Å². The topological polar surface area (TPSA) is 48.3 Å². The summed E-state index contributed by atoms with van der Waals surface area (Å²) in [5.74, 6) is -1.90. The van der Waals surface area contributed by atoms with Crippen molar-refractivity contribution in [3.05, 3.63) is 71.7 Å². The van der Waals surface area contributed by atoms with Gasteiger partial charge < -0.3 is 4.74 Å². The molecule has 3 aromatic rings. The maximum absolute atomic E-state index is 13.5. The van der Waals surface area contributed by atoms with E-state index in [0.29, 0.717) is 22.2 Å². The van der Waals surface area contributed by atoms with E-state index in [-0.39, 0.29) is 5.91 Å². The van der Waals surface area contributed by atoms with Gasteiger partial charge in [-0.2, -0.15) is 0 Å². The number of nitrogens with zero attached hydrogens (tertiary/aromatic N) is 1. The smallest absolute Gasteiger partial charge is 0.319 e. The standard InChI is InChI=1S/C19H16FNO3/c1-12(22)21-16-9-8-15(20)10-14(16)11-17(21)18(19(23)24-2)13-6-4-3-5-7-13/h3-11,18H,1-2H3. The second kappa shape index (κ2) is 6.28. The second-order valence-electron chi connectivity index (χ2n) is 5.49. The number of aromatic nitrogens is 1. The quantitative estimate of drug-likeness (QED) is 0.689. The van der Waals surface area contributed by atoms with Gasteiger partial charge in [-0.1, -0.05) is 30.3 Å². The van der Waals surface area contributed by atoms with Crippen molar-refractivity contribution in [2.45, 2.75) is 12.8 Å². The Morgan fingerprint density at radius 2 is 1.79 bits per heavy atom. The van der Waals surface area contributed by atoms with Gasteiger partial charge >= 0.3 is 5.97 Å². The van der Waals surface area contributed by atoms with Crippen LogP contribution in [-0.4, -0.2) is 23.6 Å². The lowest BCUT2D eigenvalue weighted by Gasteiger charge is -2.17. The maximum Gasteiger partial charge on any atom is 0.319 e. The molecule has 2 aromatic carbocycles. The lowest BCUT2D eigenvalue weighted by molar-refractivity contribution is -0.141. The summed E-state index contributed by atoms with van der Waals surface area (Å²) in [5, 5.41) is 0.560. The van der Waals surface area contributed by atoms with Crippen LogP contribution in [0.3, 0.4) is 0 Å². The molecule has 0 aliphatic carbocycles. The molecule has 0 aliphatic rings. The molecule has 0 fully saturated rings. The third-order valence-electron chi connectivity index (χ3n) is 3.97. The van der Waals surface area contributed by atoms with Crippen molar-refractivity contribution in [2.24, 2.45) is 0 Å². The van der Waals surface area contributed by atoms with Gasteiger partial charge in [0.1, 0.15) is 11.7 Å². The Bertz CT molecular complexity index is 915. The highest BCUT2D eigenvalue weighted by Crippen LogP contribution is 2.31. The molecule has 24 heavy (non-hydrogen) atoms. The largest absolute Gasteiger partial charge is 0.468 e.